The zero-order chi connectivity index (χ0) is 21.6. The van der Waals surface area contributed by atoms with Gasteiger partial charge in [-0.2, -0.15) is 0 Å². The molecule has 0 saturated heterocycles. The lowest BCUT2D eigenvalue weighted by Crippen LogP contribution is -2.49. The molecule has 2 aromatic carbocycles. The number of ether oxygens (including phenoxy) is 1. The lowest BCUT2D eigenvalue weighted by Gasteiger charge is -2.22. The molecule has 0 saturated carbocycles. The van der Waals surface area contributed by atoms with Gasteiger partial charge in [0.05, 0.1) is 0 Å². The van der Waals surface area contributed by atoms with Gasteiger partial charge in [0, 0.05) is 12.1 Å². The van der Waals surface area contributed by atoms with E-state index in [0.29, 0.717) is 5.56 Å². The Morgan fingerprint density at radius 3 is 2.10 bits per heavy atom. The van der Waals surface area contributed by atoms with Crippen LogP contribution < -0.4 is 15.4 Å². The first-order chi connectivity index (χ1) is 13.5. The Morgan fingerprint density at radius 1 is 1.00 bits per heavy atom. The Labute approximate surface area is 165 Å². The van der Waals surface area contributed by atoms with Crippen molar-refractivity contribution >= 4 is 11.8 Å². The molecule has 2 rings (SSSR count). The summed E-state index contributed by atoms with van der Waals surface area (Å²) in [7, 11) is 0. The molecule has 2 amide bonds. The van der Waals surface area contributed by atoms with Gasteiger partial charge in [0.1, 0.15) is 17.6 Å². The third-order valence-corrected chi connectivity index (χ3v) is 3.97. The lowest BCUT2D eigenvalue weighted by molar-refractivity contribution is -0.274. The van der Waals surface area contributed by atoms with Crippen LogP contribution in [0.2, 0.25) is 0 Å². The van der Waals surface area contributed by atoms with Gasteiger partial charge in [-0.25, -0.2) is 4.39 Å². The molecule has 1 atom stereocenters. The van der Waals surface area contributed by atoms with Gasteiger partial charge in [0.25, 0.3) is 5.91 Å². The number of halogens is 4. The fraction of sp³-hybridized carbons (Fsp3) is 0.300. The SMILES string of the molecule is CC(C)C(NC(=O)c1ccc(F)cc1)C(=O)NCc1ccc(OC(F)(F)F)cc1. The van der Waals surface area contributed by atoms with Gasteiger partial charge in [-0.1, -0.05) is 26.0 Å². The number of nitrogens with one attached hydrogen (secondary N) is 2. The van der Waals surface area contributed by atoms with Gasteiger partial charge in [-0.3, -0.25) is 9.59 Å². The average molecular weight is 412 g/mol. The minimum absolute atomic E-state index is 0.0563. The molecule has 0 bridgehead atoms. The second kappa shape index (κ2) is 9.40. The van der Waals surface area contributed by atoms with Gasteiger partial charge in [0.2, 0.25) is 5.91 Å². The van der Waals surface area contributed by atoms with Crippen LogP contribution in [0.25, 0.3) is 0 Å². The predicted molar refractivity (Wildman–Crippen MR) is 97.5 cm³/mol. The van der Waals surface area contributed by atoms with Crippen LogP contribution in [0, 0.1) is 11.7 Å². The Kier molecular flexibility index (Phi) is 7.19. The minimum atomic E-state index is -4.77. The monoisotopic (exact) mass is 412 g/mol. The molecule has 2 aromatic rings. The van der Waals surface area contributed by atoms with E-state index in [-0.39, 0.29) is 23.8 Å². The first kappa shape index (κ1) is 22.2. The summed E-state index contributed by atoms with van der Waals surface area (Å²) < 4.78 is 53.3. The van der Waals surface area contributed by atoms with Crippen molar-refractivity contribution in [3.63, 3.8) is 0 Å². The second-order valence-corrected chi connectivity index (χ2v) is 6.61. The summed E-state index contributed by atoms with van der Waals surface area (Å²) in [6.07, 6.45) is -4.77. The van der Waals surface area contributed by atoms with Crippen LogP contribution in [0.5, 0.6) is 5.75 Å². The molecule has 156 valence electrons. The van der Waals surface area contributed by atoms with E-state index in [2.05, 4.69) is 15.4 Å². The smallest absolute Gasteiger partial charge is 0.406 e. The van der Waals surface area contributed by atoms with Crippen molar-refractivity contribution in [2.24, 2.45) is 5.92 Å². The quantitative estimate of drug-likeness (QED) is 0.680. The molecule has 29 heavy (non-hydrogen) atoms. The van der Waals surface area contributed by atoms with Gasteiger partial charge in [-0.15, -0.1) is 13.2 Å². The third-order valence-electron chi connectivity index (χ3n) is 3.97. The topological polar surface area (TPSA) is 67.4 Å². The molecule has 0 aliphatic heterocycles. The number of carbonyl (C=O) groups excluding carboxylic acids is 2. The zero-order valence-electron chi connectivity index (χ0n) is 15.7. The van der Waals surface area contributed by atoms with Crippen LogP contribution in [0.1, 0.15) is 29.8 Å². The van der Waals surface area contributed by atoms with Gasteiger partial charge in [0.15, 0.2) is 0 Å². The minimum Gasteiger partial charge on any atom is -0.406 e. The van der Waals surface area contributed by atoms with Crippen molar-refractivity contribution in [3.05, 3.63) is 65.5 Å². The fourth-order valence-electron chi connectivity index (χ4n) is 2.47. The Morgan fingerprint density at radius 2 is 1.59 bits per heavy atom. The molecule has 0 aliphatic carbocycles. The van der Waals surface area contributed by atoms with Gasteiger partial charge in [-0.05, 0) is 47.9 Å². The van der Waals surface area contributed by atoms with Crippen molar-refractivity contribution in [3.8, 4) is 5.75 Å². The Balaban J connectivity index is 1.95. The highest BCUT2D eigenvalue weighted by Gasteiger charge is 2.31. The number of hydrogen-bond acceptors (Lipinski definition) is 3. The standard InChI is InChI=1S/C20H20F4N2O3/c1-12(2)17(26-18(27)14-5-7-15(21)8-6-14)19(28)25-11-13-3-9-16(10-4-13)29-20(22,23)24/h3-10,12,17H,11H2,1-2H3,(H,25,28)(H,26,27). The molecule has 0 aromatic heterocycles. The largest absolute Gasteiger partial charge is 0.573 e. The maximum Gasteiger partial charge on any atom is 0.573 e. The molecule has 5 nitrogen and oxygen atoms in total. The average Bonchev–Trinajstić information content (AvgIpc) is 2.64. The summed E-state index contributed by atoms with van der Waals surface area (Å²) in [5, 5.41) is 5.24. The summed E-state index contributed by atoms with van der Waals surface area (Å²) in [4.78, 5) is 24.8. The number of benzene rings is 2. The van der Waals surface area contributed by atoms with Crippen LogP contribution in [0.4, 0.5) is 17.6 Å². The van der Waals surface area contributed by atoms with E-state index in [0.717, 1.165) is 24.3 Å². The van der Waals surface area contributed by atoms with Crippen LogP contribution in [0.15, 0.2) is 48.5 Å². The van der Waals surface area contributed by atoms with Crippen LogP contribution in [0.3, 0.4) is 0 Å². The molecule has 2 N–H and O–H groups in total. The van der Waals surface area contributed by atoms with Crippen molar-refractivity contribution in [1.82, 2.24) is 10.6 Å². The highest BCUT2D eigenvalue weighted by Crippen LogP contribution is 2.22. The highest BCUT2D eigenvalue weighted by atomic mass is 19.4. The molecule has 0 aliphatic rings. The summed E-state index contributed by atoms with van der Waals surface area (Å²) in [6, 6.07) is 9.13. The maximum atomic E-state index is 13.0. The van der Waals surface area contributed by atoms with Crippen LogP contribution in [-0.2, 0) is 11.3 Å². The lowest BCUT2D eigenvalue weighted by atomic mass is 10.0. The molecule has 0 spiro atoms. The molecule has 0 fully saturated rings. The van der Waals surface area contributed by atoms with E-state index < -0.39 is 30.0 Å². The molecule has 1 unspecified atom stereocenters. The first-order valence-corrected chi connectivity index (χ1v) is 8.74. The number of carbonyl (C=O) groups is 2. The van der Waals surface area contributed by atoms with Crippen molar-refractivity contribution < 1.29 is 31.9 Å². The first-order valence-electron chi connectivity index (χ1n) is 8.74. The van der Waals surface area contributed by atoms with E-state index >= 15 is 0 Å². The number of rotatable bonds is 7. The number of alkyl halides is 3. The van der Waals surface area contributed by atoms with E-state index in [1.54, 1.807) is 13.8 Å². The van der Waals surface area contributed by atoms with E-state index in [9.17, 15) is 27.2 Å². The third kappa shape index (κ3) is 7.10. The van der Waals surface area contributed by atoms with Gasteiger partial charge >= 0.3 is 6.36 Å². The fourth-order valence-corrected chi connectivity index (χ4v) is 2.47. The molecular weight excluding hydrogens is 392 g/mol. The zero-order valence-corrected chi connectivity index (χ0v) is 15.7. The van der Waals surface area contributed by atoms with Crippen LogP contribution >= 0.6 is 0 Å². The predicted octanol–water partition coefficient (Wildman–Crippen LogP) is 3.80. The summed E-state index contributed by atoms with van der Waals surface area (Å²) in [6.45, 7) is 3.55. The van der Waals surface area contributed by atoms with Gasteiger partial charge < -0.3 is 15.4 Å². The normalized spacial score (nSPS) is 12.4. The highest BCUT2D eigenvalue weighted by molar-refractivity contribution is 5.97. The second-order valence-electron chi connectivity index (χ2n) is 6.61. The van der Waals surface area contributed by atoms with Crippen molar-refractivity contribution in [1.29, 1.82) is 0 Å². The van der Waals surface area contributed by atoms with E-state index in [1.165, 1.54) is 24.3 Å². The van der Waals surface area contributed by atoms with E-state index in [1.807, 2.05) is 0 Å². The molecular formula is C20H20F4N2O3. The molecule has 0 heterocycles. The molecule has 0 radical (unpaired) electrons. The maximum absolute atomic E-state index is 13.0. The van der Waals surface area contributed by atoms with Crippen molar-refractivity contribution in [2.45, 2.75) is 32.8 Å². The summed E-state index contributed by atoms with van der Waals surface area (Å²) in [5.74, 6) is -2.05. The molecule has 9 heteroatoms. The van der Waals surface area contributed by atoms with E-state index in [4.69, 9.17) is 0 Å². The summed E-state index contributed by atoms with van der Waals surface area (Å²) >= 11 is 0. The number of amides is 2. The Hall–Kier alpha value is -3.10. The van der Waals surface area contributed by atoms with Crippen LogP contribution in [-0.4, -0.2) is 24.2 Å². The summed E-state index contributed by atoms with van der Waals surface area (Å²) in [5.41, 5.74) is 0.769. The van der Waals surface area contributed by atoms with Crippen molar-refractivity contribution in [2.75, 3.05) is 0 Å². The Bertz CT molecular complexity index is 834. The number of hydrogen-bond donors (Lipinski definition) is 2.